The van der Waals surface area contributed by atoms with Gasteiger partial charge in [0.1, 0.15) is 0 Å². The zero-order valence-electron chi connectivity index (χ0n) is 5.39. The Morgan fingerprint density at radius 2 is 1.55 bits per heavy atom. The highest BCUT2D eigenvalue weighted by Gasteiger charge is 2.49. The first kappa shape index (κ1) is 11.7. The minimum Gasteiger partial charge on any atom is -0.251 e. The first-order valence-electron chi connectivity index (χ1n) is 2.82. The molecule has 0 fully saturated rings. The van der Waals surface area contributed by atoms with Crippen LogP contribution in [0.3, 0.4) is 0 Å². The van der Waals surface area contributed by atoms with E-state index >= 15 is 0 Å². The van der Waals surface area contributed by atoms with Crippen molar-refractivity contribution in [3.05, 3.63) is 0 Å². The van der Waals surface area contributed by atoms with Crippen molar-refractivity contribution in [2.75, 3.05) is 6.67 Å². The predicted molar refractivity (Wildman–Crippen MR) is 40.4 cm³/mol. The fraction of sp³-hybridized carbons (Fsp3) is 1.00. The molecule has 0 aromatic heterocycles. The summed E-state index contributed by atoms with van der Waals surface area (Å²) in [5.74, 6) is 0. The molecule has 0 nitrogen and oxygen atoms in total. The topological polar surface area (TPSA) is 0 Å². The highest BCUT2D eigenvalue weighted by Crippen LogP contribution is 2.44. The van der Waals surface area contributed by atoms with Crippen LogP contribution in [0.25, 0.3) is 0 Å². The maximum atomic E-state index is 12.7. The molecule has 11 heavy (non-hydrogen) atoms. The van der Waals surface area contributed by atoms with Gasteiger partial charge in [-0.1, -0.05) is 34.8 Å². The molecule has 0 aliphatic rings. The molecule has 0 heterocycles. The van der Waals surface area contributed by atoms with Crippen molar-refractivity contribution in [3.8, 4) is 0 Å². The van der Waals surface area contributed by atoms with Gasteiger partial charge in [0.15, 0.2) is 0 Å². The summed E-state index contributed by atoms with van der Waals surface area (Å²) in [6.45, 7) is -0.789. The number of alkyl halides is 6. The summed E-state index contributed by atoms with van der Waals surface area (Å²) in [6, 6.07) is 0. The summed E-state index contributed by atoms with van der Waals surface area (Å²) >= 11 is 14.4. The van der Waals surface area contributed by atoms with E-state index in [9.17, 15) is 13.2 Å². The van der Waals surface area contributed by atoms with E-state index in [4.69, 9.17) is 34.8 Å². The standard InChI is InChI=1S/C5H6Cl3F3/c6-4(10,2-1-3-9)5(7,8)11/h1-3H2. The van der Waals surface area contributed by atoms with Crippen LogP contribution in [0.4, 0.5) is 13.2 Å². The number of rotatable bonds is 4. The first-order valence-corrected chi connectivity index (χ1v) is 3.95. The van der Waals surface area contributed by atoms with Gasteiger partial charge in [0.2, 0.25) is 5.13 Å². The zero-order chi connectivity index (χ0) is 9.12. The van der Waals surface area contributed by atoms with Gasteiger partial charge in [-0.05, 0) is 6.42 Å². The van der Waals surface area contributed by atoms with E-state index in [1.807, 2.05) is 0 Å². The van der Waals surface area contributed by atoms with E-state index in [-0.39, 0.29) is 6.42 Å². The van der Waals surface area contributed by atoms with Crippen molar-refractivity contribution in [1.82, 2.24) is 0 Å². The fourth-order valence-electron chi connectivity index (χ4n) is 0.431. The van der Waals surface area contributed by atoms with E-state index in [2.05, 4.69) is 0 Å². The highest BCUT2D eigenvalue weighted by atomic mass is 35.5. The SMILES string of the molecule is FCCCC(F)(Cl)C(F)(Cl)Cl. The van der Waals surface area contributed by atoms with Gasteiger partial charge in [-0.3, -0.25) is 4.39 Å². The molecule has 0 saturated carbocycles. The van der Waals surface area contributed by atoms with Gasteiger partial charge in [0, 0.05) is 6.42 Å². The van der Waals surface area contributed by atoms with Gasteiger partial charge in [-0.15, -0.1) is 0 Å². The Labute approximate surface area is 77.6 Å². The number of halogens is 6. The van der Waals surface area contributed by atoms with Crippen LogP contribution >= 0.6 is 34.8 Å². The Kier molecular flexibility index (Phi) is 4.30. The van der Waals surface area contributed by atoms with Crippen LogP contribution in [0.15, 0.2) is 0 Å². The van der Waals surface area contributed by atoms with Gasteiger partial charge in [0.25, 0.3) is 0 Å². The molecule has 0 spiro atoms. The molecule has 0 aliphatic carbocycles. The molecule has 0 radical (unpaired) electrons. The van der Waals surface area contributed by atoms with Crippen LogP contribution in [0.2, 0.25) is 0 Å². The average Bonchev–Trinajstić information content (AvgIpc) is 1.81. The molecule has 68 valence electrons. The lowest BCUT2D eigenvalue weighted by Crippen LogP contribution is -2.33. The smallest absolute Gasteiger partial charge is 0.251 e. The molecule has 0 aliphatic heterocycles. The van der Waals surface area contributed by atoms with Gasteiger partial charge < -0.3 is 0 Å². The van der Waals surface area contributed by atoms with E-state index < -0.39 is 22.8 Å². The van der Waals surface area contributed by atoms with E-state index in [0.29, 0.717) is 0 Å². The number of hydrogen-bond donors (Lipinski definition) is 0. The van der Waals surface area contributed by atoms with Crippen LogP contribution in [0, 0.1) is 0 Å². The Balaban J connectivity index is 4.00. The fourth-order valence-corrected chi connectivity index (χ4v) is 0.753. The second-order valence-corrected chi connectivity index (χ2v) is 3.83. The molecule has 1 unspecified atom stereocenters. The molecule has 1 atom stereocenters. The lowest BCUT2D eigenvalue weighted by atomic mass is 10.2. The van der Waals surface area contributed by atoms with E-state index in [1.54, 1.807) is 0 Å². The van der Waals surface area contributed by atoms with Crippen LogP contribution < -0.4 is 0 Å². The second kappa shape index (κ2) is 4.06. The van der Waals surface area contributed by atoms with Gasteiger partial charge in [-0.25, -0.2) is 8.78 Å². The number of hydrogen-bond acceptors (Lipinski definition) is 0. The van der Waals surface area contributed by atoms with Gasteiger partial charge >= 0.3 is 4.59 Å². The van der Waals surface area contributed by atoms with Crippen molar-refractivity contribution in [3.63, 3.8) is 0 Å². The third kappa shape index (κ3) is 3.72. The van der Waals surface area contributed by atoms with Crippen LogP contribution in [0.1, 0.15) is 12.8 Å². The quantitative estimate of drug-likeness (QED) is 0.644. The van der Waals surface area contributed by atoms with Gasteiger partial charge in [0.05, 0.1) is 6.67 Å². The van der Waals surface area contributed by atoms with E-state index in [0.717, 1.165) is 0 Å². The maximum absolute atomic E-state index is 12.7. The minimum atomic E-state index is -3.18. The molecule has 0 aromatic carbocycles. The first-order chi connectivity index (χ1) is 4.81. The zero-order valence-corrected chi connectivity index (χ0v) is 7.66. The van der Waals surface area contributed by atoms with Crippen molar-refractivity contribution in [1.29, 1.82) is 0 Å². The summed E-state index contributed by atoms with van der Waals surface area (Å²) in [7, 11) is 0. The Morgan fingerprint density at radius 3 is 1.82 bits per heavy atom. The van der Waals surface area contributed by atoms with E-state index in [1.165, 1.54) is 0 Å². The third-order valence-electron chi connectivity index (χ3n) is 1.04. The Hall–Kier alpha value is 0.660. The minimum absolute atomic E-state index is 0.217. The maximum Gasteiger partial charge on any atom is 0.305 e. The summed E-state index contributed by atoms with van der Waals surface area (Å²) in [5.41, 5.74) is 0. The largest absolute Gasteiger partial charge is 0.305 e. The molecule has 0 amide bonds. The highest BCUT2D eigenvalue weighted by molar-refractivity contribution is 6.51. The van der Waals surface area contributed by atoms with Crippen molar-refractivity contribution < 1.29 is 13.2 Å². The van der Waals surface area contributed by atoms with Crippen molar-refractivity contribution >= 4 is 34.8 Å². The third-order valence-corrected chi connectivity index (χ3v) is 2.28. The normalized spacial score (nSPS) is 18.0. The average molecular weight is 229 g/mol. The summed E-state index contributed by atoms with van der Waals surface area (Å²) in [4.78, 5) is 0. The second-order valence-electron chi connectivity index (χ2n) is 1.99. The summed E-state index contributed by atoms with van der Waals surface area (Å²) in [5, 5.41) is -2.91. The molecule has 0 aromatic rings. The molecule has 0 saturated heterocycles. The van der Waals surface area contributed by atoms with Crippen LogP contribution in [-0.2, 0) is 0 Å². The van der Waals surface area contributed by atoms with Crippen LogP contribution in [0.5, 0.6) is 0 Å². The monoisotopic (exact) mass is 228 g/mol. The lowest BCUT2D eigenvalue weighted by molar-refractivity contribution is 0.140. The molecule has 6 heteroatoms. The van der Waals surface area contributed by atoms with Crippen molar-refractivity contribution in [2.45, 2.75) is 22.6 Å². The van der Waals surface area contributed by atoms with Crippen molar-refractivity contribution in [2.24, 2.45) is 0 Å². The molecule has 0 N–H and O–H groups in total. The molecule has 0 rings (SSSR count). The predicted octanol–water partition coefficient (Wildman–Crippen LogP) is 3.74. The Morgan fingerprint density at radius 1 is 1.09 bits per heavy atom. The molecule has 0 bridgehead atoms. The summed E-state index contributed by atoms with van der Waals surface area (Å²) in [6.07, 6.45) is -0.778. The lowest BCUT2D eigenvalue weighted by Gasteiger charge is -2.23. The van der Waals surface area contributed by atoms with Gasteiger partial charge in [-0.2, -0.15) is 0 Å². The Bertz CT molecular complexity index is 121. The summed E-state index contributed by atoms with van der Waals surface area (Å²) < 4.78 is 33.4. The molecular weight excluding hydrogens is 223 g/mol. The van der Waals surface area contributed by atoms with Crippen LogP contribution in [-0.4, -0.2) is 16.4 Å². The molecular formula is C5H6Cl3F3.